The number of benzene rings is 1. The zero-order valence-corrected chi connectivity index (χ0v) is 9.90. The number of carbonyl (C=O) groups excluding carboxylic acids is 1. The van der Waals surface area contributed by atoms with Crippen LogP contribution in [0.15, 0.2) is 23.0 Å². The van der Waals surface area contributed by atoms with E-state index in [0.29, 0.717) is 11.1 Å². The van der Waals surface area contributed by atoms with E-state index in [0.717, 1.165) is 11.1 Å². The minimum Gasteiger partial charge on any atom is -0.545 e. The lowest BCUT2D eigenvalue weighted by molar-refractivity contribution is -0.255. The largest absolute Gasteiger partial charge is 0.545 e. The number of aromatic carboxylic acids is 1. The van der Waals surface area contributed by atoms with Crippen molar-refractivity contribution in [2.24, 2.45) is 7.05 Å². The van der Waals surface area contributed by atoms with Gasteiger partial charge >= 0.3 is 0 Å². The molecule has 1 aromatic heterocycles. The number of aromatic nitrogens is 1. The van der Waals surface area contributed by atoms with E-state index in [-0.39, 0.29) is 5.56 Å². The van der Waals surface area contributed by atoms with E-state index < -0.39 is 11.4 Å². The first-order valence-corrected chi connectivity index (χ1v) is 5.24. The van der Waals surface area contributed by atoms with Gasteiger partial charge in [0.1, 0.15) is 0 Å². The average Bonchev–Trinajstić information content (AvgIpc) is 2.26. The zero-order chi connectivity index (χ0) is 12.7. The summed E-state index contributed by atoms with van der Waals surface area (Å²) in [6, 6.07) is 5.40. The first-order valence-electron chi connectivity index (χ1n) is 5.24. The van der Waals surface area contributed by atoms with Crippen LogP contribution in [0.1, 0.15) is 21.6 Å². The standard InChI is InChI=1S/C13H13NO3/c1-7-4-5-10-9(6-7)12(15)11(13(16)17)8(2)14(10)3/h4-6H,1-3H3,(H,16,17)/p-1. The topological polar surface area (TPSA) is 62.1 Å². The Morgan fingerprint density at radius 2 is 1.94 bits per heavy atom. The van der Waals surface area contributed by atoms with Crippen molar-refractivity contribution >= 4 is 16.9 Å². The Bertz CT molecular complexity index is 683. The maximum absolute atomic E-state index is 12.1. The number of nitrogens with zero attached hydrogens (tertiary/aromatic N) is 1. The SMILES string of the molecule is Cc1ccc2c(c1)c(=O)c(C(=O)[O-])c(C)n2C. The van der Waals surface area contributed by atoms with Gasteiger partial charge in [0.15, 0.2) is 5.43 Å². The predicted molar refractivity (Wildman–Crippen MR) is 63.0 cm³/mol. The van der Waals surface area contributed by atoms with Gasteiger partial charge in [-0.05, 0) is 26.0 Å². The number of fused-ring (bicyclic) bond motifs is 1. The summed E-state index contributed by atoms with van der Waals surface area (Å²) in [7, 11) is 1.74. The molecule has 0 fully saturated rings. The van der Waals surface area contributed by atoms with Crippen LogP contribution in [0.5, 0.6) is 0 Å². The number of pyridine rings is 1. The van der Waals surface area contributed by atoms with Gasteiger partial charge in [-0.2, -0.15) is 0 Å². The van der Waals surface area contributed by atoms with Crippen LogP contribution in [0.4, 0.5) is 0 Å². The van der Waals surface area contributed by atoms with Crippen molar-refractivity contribution in [3.8, 4) is 0 Å². The Morgan fingerprint density at radius 1 is 1.29 bits per heavy atom. The zero-order valence-electron chi connectivity index (χ0n) is 9.90. The van der Waals surface area contributed by atoms with Gasteiger partial charge in [-0.3, -0.25) is 4.79 Å². The lowest BCUT2D eigenvalue weighted by atomic mass is 10.1. The smallest absolute Gasteiger partial charge is 0.198 e. The molecule has 1 heterocycles. The molecule has 0 saturated carbocycles. The highest BCUT2D eigenvalue weighted by Gasteiger charge is 2.12. The van der Waals surface area contributed by atoms with E-state index in [4.69, 9.17) is 0 Å². The molecule has 0 N–H and O–H groups in total. The van der Waals surface area contributed by atoms with Gasteiger partial charge in [0.25, 0.3) is 0 Å². The van der Waals surface area contributed by atoms with Gasteiger partial charge in [0.05, 0.1) is 17.0 Å². The van der Waals surface area contributed by atoms with Crippen molar-refractivity contribution in [2.45, 2.75) is 13.8 Å². The fourth-order valence-corrected chi connectivity index (χ4v) is 2.01. The number of carboxylic acids is 1. The molecule has 4 heteroatoms. The summed E-state index contributed by atoms with van der Waals surface area (Å²) < 4.78 is 1.70. The molecule has 0 aliphatic carbocycles. The van der Waals surface area contributed by atoms with Gasteiger partial charge in [-0.1, -0.05) is 11.6 Å². The summed E-state index contributed by atoms with van der Waals surface area (Å²) in [5.41, 5.74) is 1.32. The molecule has 2 rings (SSSR count). The van der Waals surface area contributed by atoms with Gasteiger partial charge in [-0.15, -0.1) is 0 Å². The van der Waals surface area contributed by atoms with E-state index in [1.54, 1.807) is 24.6 Å². The fraction of sp³-hybridized carbons (Fsp3) is 0.231. The van der Waals surface area contributed by atoms with Crippen molar-refractivity contribution in [3.63, 3.8) is 0 Å². The Kier molecular flexibility index (Phi) is 2.50. The Morgan fingerprint density at radius 3 is 2.53 bits per heavy atom. The Balaban J connectivity index is 3.06. The number of carboxylic acid groups (broad SMARTS) is 1. The van der Waals surface area contributed by atoms with Crippen molar-refractivity contribution in [2.75, 3.05) is 0 Å². The van der Waals surface area contributed by atoms with E-state index >= 15 is 0 Å². The van der Waals surface area contributed by atoms with Crippen molar-refractivity contribution in [3.05, 3.63) is 45.2 Å². The Hall–Kier alpha value is -2.10. The lowest BCUT2D eigenvalue weighted by Gasteiger charge is -2.14. The summed E-state index contributed by atoms with van der Waals surface area (Å²) in [5.74, 6) is -1.42. The molecule has 88 valence electrons. The van der Waals surface area contributed by atoms with Gasteiger partial charge in [-0.25, -0.2) is 0 Å². The molecule has 4 nitrogen and oxygen atoms in total. The van der Waals surface area contributed by atoms with Gasteiger partial charge in [0.2, 0.25) is 0 Å². The molecular formula is C13H12NO3-. The number of carbonyl (C=O) groups is 1. The third kappa shape index (κ3) is 1.62. The minimum absolute atomic E-state index is 0.259. The summed E-state index contributed by atoms with van der Waals surface area (Å²) in [6.07, 6.45) is 0. The molecule has 0 bridgehead atoms. The van der Waals surface area contributed by atoms with Crippen LogP contribution in [0, 0.1) is 13.8 Å². The maximum atomic E-state index is 12.1. The lowest BCUT2D eigenvalue weighted by Crippen LogP contribution is -2.32. The molecule has 0 aliphatic heterocycles. The summed E-state index contributed by atoms with van der Waals surface area (Å²) in [6.45, 7) is 3.46. The van der Waals surface area contributed by atoms with E-state index in [1.807, 2.05) is 19.1 Å². The molecule has 0 spiro atoms. The van der Waals surface area contributed by atoms with Gasteiger partial charge < -0.3 is 14.5 Å². The predicted octanol–water partition coefficient (Wildman–Crippen LogP) is 0.519. The average molecular weight is 230 g/mol. The highest BCUT2D eigenvalue weighted by molar-refractivity contribution is 5.93. The normalized spacial score (nSPS) is 10.8. The quantitative estimate of drug-likeness (QED) is 0.717. The molecule has 2 aromatic rings. The van der Waals surface area contributed by atoms with Crippen molar-refractivity contribution in [1.29, 1.82) is 0 Å². The van der Waals surface area contributed by atoms with Crippen molar-refractivity contribution < 1.29 is 9.90 Å². The molecular weight excluding hydrogens is 218 g/mol. The van der Waals surface area contributed by atoms with Crippen LogP contribution in [-0.4, -0.2) is 10.5 Å². The minimum atomic E-state index is -1.42. The summed E-state index contributed by atoms with van der Waals surface area (Å²) in [4.78, 5) is 23.1. The second-order valence-corrected chi connectivity index (χ2v) is 4.16. The van der Waals surface area contributed by atoms with Crippen LogP contribution >= 0.6 is 0 Å². The molecule has 0 aliphatic rings. The maximum Gasteiger partial charge on any atom is 0.198 e. The van der Waals surface area contributed by atoms with Crippen LogP contribution in [-0.2, 0) is 7.05 Å². The summed E-state index contributed by atoms with van der Waals surface area (Å²) in [5, 5.41) is 11.4. The van der Waals surface area contributed by atoms with Crippen LogP contribution in [0.2, 0.25) is 0 Å². The molecule has 17 heavy (non-hydrogen) atoms. The Labute approximate surface area is 98.1 Å². The van der Waals surface area contributed by atoms with E-state index in [2.05, 4.69) is 0 Å². The monoisotopic (exact) mass is 230 g/mol. The molecule has 0 radical (unpaired) electrons. The molecule has 0 amide bonds. The first kappa shape index (κ1) is 11.4. The fourth-order valence-electron chi connectivity index (χ4n) is 2.01. The highest BCUT2D eigenvalue weighted by atomic mass is 16.4. The van der Waals surface area contributed by atoms with Crippen molar-refractivity contribution in [1.82, 2.24) is 4.57 Å². The molecule has 0 unspecified atom stereocenters. The molecule has 0 saturated heterocycles. The third-order valence-electron chi connectivity index (χ3n) is 3.05. The second kappa shape index (κ2) is 3.73. The molecule has 1 aromatic carbocycles. The summed E-state index contributed by atoms with van der Waals surface area (Å²) >= 11 is 0. The number of hydrogen-bond acceptors (Lipinski definition) is 3. The van der Waals surface area contributed by atoms with E-state index in [9.17, 15) is 14.7 Å². The second-order valence-electron chi connectivity index (χ2n) is 4.16. The van der Waals surface area contributed by atoms with Crippen LogP contribution in [0.25, 0.3) is 10.9 Å². The molecule has 0 atom stereocenters. The third-order valence-corrected chi connectivity index (χ3v) is 3.05. The van der Waals surface area contributed by atoms with Crippen LogP contribution in [0.3, 0.4) is 0 Å². The van der Waals surface area contributed by atoms with Crippen LogP contribution < -0.4 is 10.5 Å². The number of aryl methyl sites for hydroxylation is 2. The van der Waals surface area contributed by atoms with Gasteiger partial charge in [0, 0.05) is 18.1 Å². The number of hydrogen-bond donors (Lipinski definition) is 0. The first-order chi connectivity index (χ1) is 7.93. The highest BCUT2D eigenvalue weighted by Crippen LogP contribution is 2.15. The number of rotatable bonds is 1. The van der Waals surface area contributed by atoms with E-state index in [1.165, 1.54) is 0 Å².